The van der Waals surface area contributed by atoms with Gasteiger partial charge < -0.3 is 4.90 Å². The van der Waals surface area contributed by atoms with Crippen molar-refractivity contribution >= 4 is 27.3 Å². The summed E-state index contributed by atoms with van der Waals surface area (Å²) in [5.41, 5.74) is 0.247. The minimum atomic E-state index is -3.36. The van der Waals surface area contributed by atoms with Crippen molar-refractivity contribution < 1.29 is 13.2 Å². The Bertz CT molecular complexity index is 578. The summed E-state index contributed by atoms with van der Waals surface area (Å²) in [4.78, 5) is 14.3. The Balaban J connectivity index is 3.20. The Hall–Kier alpha value is -1.07. The van der Waals surface area contributed by atoms with Gasteiger partial charge in [-0.3, -0.25) is 4.79 Å². The Morgan fingerprint density at radius 1 is 1.20 bits per heavy atom. The molecule has 0 atom stereocenters. The zero-order valence-corrected chi connectivity index (χ0v) is 13.6. The van der Waals surface area contributed by atoms with E-state index in [0.29, 0.717) is 13.1 Å². The van der Waals surface area contributed by atoms with Crippen molar-refractivity contribution in [1.82, 2.24) is 4.90 Å². The van der Waals surface area contributed by atoms with E-state index in [-0.39, 0.29) is 21.4 Å². The normalized spacial score (nSPS) is 11.4. The van der Waals surface area contributed by atoms with Crippen LogP contribution in [0.5, 0.6) is 0 Å². The predicted octanol–water partition coefficient (Wildman–Crippen LogP) is 3.01. The average molecular weight is 318 g/mol. The molecule has 20 heavy (non-hydrogen) atoms. The highest BCUT2D eigenvalue weighted by atomic mass is 35.5. The van der Waals surface area contributed by atoms with Crippen LogP contribution in [-0.4, -0.2) is 38.6 Å². The highest BCUT2D eigenvalue weighted by Gasteiger charge is 2.19. The molecule has 1 amide bonds. The first kappa shape index (κ1) is 17.0. The molecule has 0 saturated carbocycles. The number of benzene rings is 1. The monoisotopic (exact) mass is 317 g/mol. The van der Waals surface area contributed by atoms with Gasteiger partial charge in [-0.15, -0.1) is 0 Å². The van der Waals surface area contributed by atoms with Crippen LogP contribution in [0.3, 0.4) is 0 Å². The fourth-order valence-corrected chi connectivity index (χ4v) is 2.77. The molecule has 4 nitrogen and oxygen atoms in total. The summed E-state index contributed by atoms with van der Waals surface area (Å²) in [6.45, 7) is 5.24. The number of nitrogens with zero attached hydrogens (tertiary/aromatic N) is 1. The van der Waals surface area contributed by atoms with Crippen LogP contribution in [0.2, 0.25) is 5.02 Å². The zero-order valence-electron chi connectivity index (χ0n) is 12.0. The lowest BCUT2D eigenvalue weighted by Crippen LogP contribution is -2.32. The van der Waals surface area contributed by atoms with Gasteiger partial charge in [-0.05, 0) is 31.0 Å². The van der Waals surface area contributed by atoms with Gasteiger partial charge in [0.2, 0.25) is 0 Å². The minimum Gasteiger partial charge on any atom is -0.339 e. The highest BCUT2D eigenvalue weighted by Crippen LogP contribution is 2.22. The Labute approximate surface area is 125 Å². The van der Waals surface area contributed by atoms with Gasteiger partial charge >= 0.3 is 0 Å². The second-order valence-corrected chi connectivity index (χ2v) is 7.13. The molecule has 6 heteroatoms. The van der Waals surface area contributed by atoms with E-state index in [0.717, 1.165) is 19.1 Å². The summed E-state index contributed by atoms with van der Waals surface area (Å²) in [5, 5.41) is 0.277. The van der Waals surface area contributed by atoms with Gasteiger partial charge in [-0.2, -0.15) is 0 Å². The average Bonchev–Trinajstić information content (AvgIpc) is 2.37. The molecule has 1 aromatic carbocycles. The SMILES string of the molecule is CCCN(CCC)C(=O)c1cc(S(C)(=O)=O)ccc1Cl. The number of carbonyl (C=O) groups is 1. The van der Waals surface area contributed by atoms with Gasteiger partial charge in [0.15, 0.2) is 9.84 Å². The third-order valence-corrected chi connectivity index (χ3v) is 4.31. The molecule has 0 aliphatic rings. The second-order valence-electron chi connectivity index (χ2n) is 4.71. The molecule has 1 rings (SSSR count). The molecule has 0 aliphatic carbocycles. The van der Waals surface area contributed by atoms with E-state index >= 15 is 0 Å². The van der Waals surface area contributed by atoms with E-state index in [2.05, 4.69) is 0 Å². The molecular weight excluding hydrogens is 298 g/mol. The van der Waals surface area contributed by atoms with Crippen molar-refractivity contribution in [3.8, 4) is 0 Å². The minimum absolute atomic E-state index is 0.109. The number of sulfone groups is 1. The fourth-order valence-electron chi connectivity index (χ4n) is 1.92. The third kappa shape index (κ3) is 4.21. The number of rotatable bonds is 6. The lowest BCUT2D eigenvalue weighted by Gasteiger charge is -2.22. The largest absolute Gasteiger partial charge is 0.339 e. The second kappa shape index (κ2) is 7.09. The summed E-state index contributed by atoms with van der Waals surface area (Å²) < 4.78 is 23.1. The Morgan fingerprint density at radius 2 is 1.75 bits per heavy atom. The van der Waals surface area contributed by atoms with E-state index in [9.17, 15) is 13.2 Å². The van der Waals surface area contributed by atoms with Crippen LogP contribution < -0.4 is 0 Å². The Kier molecular flexibility index (Phi) is 6.02. The summed E-state index contributed by atoms with van der Waals surface area (Å²) in [6, 6.07) is 4.23. The highest BCUT2D eigenvalue weighted by molar-refractivity contribution is 7.90. The van der Waals surface area contributed by atoms with Crippen molar-refractivity contribution in [2.75, 3.05) is 19.3 Å². The number of hydrogen-bond donors (Lipinski definition) is 0. The fraction of sp³-hybridized carbons (Fsp3) is 0.500. The molecule has 0 aliphatic heterocycles. The summed E-state index contributed by atoms with van der Waals surface area (Å²) >= 11 is 6.04. The molecular formula is C14H20ClNO3S. The van der Waals surface area contributed by atoms with Crippen molar-refractivity contribution in [2.24, 2.45) is 0 Å². The van der Waals surface area contributed by atoms with Crippen LogP contribution in [0.25, 0.3) is 0 Å². The van der Waals surface area contributed by atoms with Gasteiger partial charge in [0.1, 0.15) is 0 Å². The molecule has 112 valence electrons. The number of carbonyl (C=O) groups excluding carboxylic acids is 1. The van der Waals surface area contributed by atoms with E-state index in [1.807, 2.05) is 13.8 Å². The molecule has 0 aromatic heterocycles. The maximum absolute atomic E-state index is 12.5. The molecule has 0 fully saturated rings. The van der Waals surface area contributed by atoms with Crippen LogP contribution in [0.4, 0.5) is 0 Å². The van der Waals surface area contributed by atoms with Crippen molar-refractivity contribution in [3.05, 3.63) is 28.8 Å². The predicted molar refractivity (Wildman–Crippen MR) is 81.0 cm³/mol. The van der Waals surface area contributed by atoms with Crippen LogP contribution in [0.15, 0.2) is 23.1 Å². The van der Waals surface area contributed by atoms with Crippen molar-refractivity contribution in [3.63, 3.8) is 0 Å². The van der Waals surface area contributed by atoms with Crippen LogP contribution in [0, 0.1) is 0 Å². The van der Waals surface area contributed by atoms with E-state index in [4.69, 9.17) is 11.6 Å². The first-order valence-electron chi connectivity index (χ1n) is 6.60. The topological polar surface area (TPSA) is 54.5 Å². The zero-order chi connectivity index (χ0) is 15.3. The molecule has 0 heterocycles. The van der Waals surface area contributed by atoms with E-state index in [1.54, 1.807) is 4.90 Å². The number of amides is 1. The molecule has 0 bridgehead atoms. The van der Waals surface area contributed by atoms with Gasteiger partial charge in [0, 0.05) is 19.3 Å². The molecule has 1 aromatic rings. The molecule has 0 radical (unpaired) electrons. The smallest absolute Gasteiger partial charge is 0.255 e. The third-order valence-electron chi connectivity index (χ3n) is 2.87. The lowest BCUT2D eigenvalue weighted by molar-refractivity contribution is 0.0755. The maximum Gasteiger partial charge on any atom is 0.255 e. The quantitative estimate of drug-likeness (QED) is 0.810. The van der Waals surface area contributed by atoms with Gasteiger partial charge in [0.25, 0.3) is 5.91 Å². The standard InChI is InChI=1S/C14H20ClNO3S/c1-4-8-16(9-5-2)14(17)12-10-11(20(3,18)19)6-7-13(12)15/h6-7,10H,4-5,8-9H2,1-3H3. The van der Waals surface area contributed by atoms with Crippen molar-refractivity contribution in [2.45, 2.75) is 31.6 Å². The first-order valence-corrected chi connectivity index (χ1v) is 8.87. The van der Waals surface area contributed by atoms with Crippen molar-refractivity contribution in [1.29, 1.82) is 0 Å². The molecule has 0 N–H and O–H groups in total. The van der Waals surface area contributed by atoms with Crippen LogP contribution >= 0.6 is 11.6 Å². The summed E-state index contributed by atoms with van der Waals surface area (Å²) in [5.74, 6) is -0.218. The van der Waals surface area contributed by atoms with Gasteiger partial charge in [-0.1, -0.05) is 25.4 Å². The van der Waals surface area contributed by atoms with E-state index < -0.39 is 9.84 Å². The molecule has 0 spiro atoms. The maximum atomic E-state index is 12.5. The van der Waals surface area contributed by atoms with Gasteiger partial charge in [-0.25, -0.2) is 8.42 Å². The molecule has 0 saturated heterocycles. The first-order chi connectivity index (χ1) is 9.31. The summed E-state index contributed by atoms with van der Waals surface area (Å²) in [6.07, 6.45) is 2.80. The number of halogens is 1. The Morgan fingerprint density at radius 3 is 2.20 bits per heavy atom. The molecule has 0 unspecified atom stereocenters. The van der Waals surface area contributed by atoms with Crippen LogP contribution in [-0.2, 0) is 9.84 Å². The van der Waals surface area contributed by atoms with E-state index in [1.165, 1.54) is 18.2 Å². The lowest BCUT2D eigenvalue weighted by atomic mass is 10.2. The van der Waals surface area contributed by atoms with Gasteiger partial charge in [0.05, 0.1) is 15.5 Å². The summed E-state index contributed by atoms with van der Waals surface area (Å²) in [7, 11) is -3.36. The number of hydrogen-bond acceptors (Lipinski definition) is 3. The van der Waals surface area contributed by atoms with Crippen LogP contribution in [0.1, 0.15) is 37.0 Å².